The van der Waals surface area contributed by atoms with Crippen LogP contribution in [0.3, 0.4) is 0 Å². The molecule has 106 valence electrons. The lowest BCUT2D eigenvalue weighted by Crippen LogP contribution is -2.22. The third-order valence-corrected chi connectivity index (χ3v) is 3.33. The molecule has 1 fully saturated rings. The highest BCUT2D eigenvalue weighted by Crippen LogP contribution is 2.24. The smallest absolute Gasteiger partial charge is 0.146 e. The molecular weight excluding hydrogens is 247 g/mol. The zero-order valence-corrected chi connectivity index (χ0v) is 11.2. The van der Waals surface area contributed by atoms with Gasteiger partial charge in [0.15, 0.2) is 0 Å². The van der Waals surface area contributed by atoms with Crippen LogP contribution < -0.4 is 10.2 Å². The van der Waals surface area contributed by atoms with Gasteiger partial charge in [-0.3, -0.25) is 0 Å². The van der Waals surface area contributed by atoms with Gasteiger partial charge in [-0.05, 0) is 24.1 Å². The van der Waals surface area contributed by atoms with E-state index in [4.69, 9.17) is 4.74 Å². The summed E-state index contributed by atoms with van der Waals surface area (Å²) in [6.45, 7) is 3.25. The summed E-state index contributed by atoms with van der Waals surface area (Å²) >= 11 is 0. The maximum atomic E-state index is 14.0. The Labute approximate surface area is 113 Å². The van der Waals surface area contributed by atoms with Crippen molar-refractivity contribution in [2.75, 3.05) is 38.3 Å². The molecule has 1 saturated heterocycles. The van der Waals surface area contributed by atoms with Gasteiger partial charge in [0.25, 0.3) is 0 Å². The Kier molecular flexibility index (Phi) is 5.13. The molecule has 1 heterocycles. The van der Waals surface area contributed by atoms with E-state index in [9.17, 15) is 9.50 Å². The van der Waals surface area contributed by atoms with Crippen molar-refractivity contribution in [2.45, 2.75) is 19.1 Å². The third kappa shape index (κ3) is 3.89. The van der Waals surface area contributed by atoms with Gasteiger partial charge in [-0.1, -0.05) is 6.07 Å². The topological polar surface area (TPSA) is 44.7 Å². The number of hydrogen-bond donors (Lipinski definition) is 2. The van der Waals surface area contributed by atoms with Crippen LogP contribution in [0.2, 0.25) is 0 Å². The molecule has 1 aliphatic heterocycles. The summed E-state index contributed by atoms with van der Waals surface area (Å²) < 4.78 is 19.0. The van der Waals surface area contributed by atoms with Gasteiger partial charge in [0.05, 0.1) is 18.4 Å². The van der Waals surface area contributed by atoms with Gasteiger partial charge in [0.2, 0.25) is 0 Å². The van der Waals surface area contributed by atoms with E-state index in [2.05, 4.69) is 5.32 Å². The minimum atomic E-state index is -0.338. The average molecular weight is 268 g/mol. The number of anilines is 1. The Balaban J connectivity index is 1.93. The van der Waals surface area contributed by atoms with Gasteiger partial charge in [-0.15, -0.1) is 0 Å². The number of β-amino-alcohol motifs (C(OH)–C–C–N with tert-alkyl or cyclic N) is 1. The van der Waals surface area contributed by atoms with E-state index >= 15 is 0 Å². The fraction of sp³-hybridized carbons (Fsp3) is 0.571. The van der Waals surface area contributed by atoms with E-state index in [1.807, 2.05) is 11.0 Å². The van der Waals surface area contributed by atoms with Gasteiger partial charge < -0.3 is 20.1 Å². The van der Waals surface area contributed by atoms with Gasteiger partial charge in [0.1, 0.15) is 5.82 Å². The summed E-state index contributed by atoms with van der Waals surface area (Å²) in [4.78, 5) is 1.89. The monoisotopic (exact) mass is 268 g/mol. The highest BCUT2D eigenvalue weighted by Gasteiger charge is 2.22. The molecule has 1 aliphatic rings. The zero-order chi connectivity index (χ0) is 13.7. The van der Waals surface area contributed by atoms with Crippen molar-refractivity contribution in [1.82, 2.24) is 5.32 Å². The van der Waals surface area contributed by atoms with E-state index in [1.165, 1.54) is 0 Å². The highest BCUT2D eigenvalue weighted by molar-refractivity contribution is 5.50. The number of aliphatic hydroxyl groups is 1. The number of benzene rings is 1. The Morgan fingerprint density at radius 3 is 3.00 bits per heavy atom. The molecule has 1 atom stereocenters. The van der Waals surface area contributed by atoms with Crippen molar-refractivity contribution in [3.63, 3.8) is 0 Å². The zero-order valence-electron chi connectivity index (χ0n) is 11.2. The van der Waals surface area contributed by atoms with Crippen LogP contribution in [-0.2, 0) is 11.3 Å². The molecule has 2 N–H and O–H groups in total. The Morgan fingerprint density at radius 1 is 1.53 bits per heavy atom. The van der Waals surface area contributed by atoms with Crippen LogP contribution in [0.25, 0.3) is 0 Å². The van der Waals surface area contributed by atoms with Crippen molar-refractivity contribution < 1.29 is 14.2 Å². The average Bonchev–Trinajstić information content (AvgIpc) is 2.81. The summed E-state index contributed by atoms with van der Waals surface area (Å²) in [5.74, 6) is -0.222. The molecule has 1 aromatic carbocycles. The van der Waals surface area contributed by atoms with Gasteiger partial charge in [-0.25, -0.2) is 4.39 Å². The molecule has 1 unspecified atom stereocenters. The molecule has 1 aromatic rings. The third-order valence-electron chi connectivity index (χ3n) is 3.33. The minimum absolute atomic E-state index is 0.222. The first-order valence-electron chi connectivity index (χ1n) is 6.62. The number of methoxy groups -OCH3 is 1. The predicted molar refractivity (Wildman–Crippen MR) is 72.8 cm³/mol. The normalized spacial score (nSPS) is 19.1. The Hall–Kier alpha value is -1.17. The van der Waals surface area contributed by atoms with Crippen molar-refractivity contribution >= 4 is 5.69 Å². The van der Waals surface area contributed by atoms with Gasteiger partial charge in [-0.2, -0.15) is 0 Å². The van der Waals surface area contributed by atoms with Gasteiger partial charge >= 0.3 is 0 Å². The molecule has 0 aromatic heterocycles. The highest BCUT2D eigenvalue weighted by atomic mass is 19.1. The van der Waals surface area contributed by atoms with Crippen LogP contribution in [0.5, 0.6) is 0 Å². The predicted octanol–water partition coefficient (Wildman–Crippen LogP) is 1.13. The van der Waals surface area contributed by atoms with Crippen molar-refractivity contribution in [1.29, 1.82) is 0 Å². The van der Waals surface area contributed by atoms with Crippen LogP contribution in [0.4, 0.5) is 10.1 Å². The second-order valence-corrected chi connectivity index (χ2v) is 4.84. The fourth-order valence-electron chi connectivity index (χ4n) is 2.28. The van der Waals surface area contributed by atoms with Crippen LogP contribution in [0, 0.1) is 5.82 Å². The Morgan fingerprint density at radius 2 is 2.37 bits per heavy atom. The van der Waals surface area contributed by atoms with Crippen LogP contribution in [-0.4, -0.2) is 44.6 Å². The summed E-state index contributed by atoms with van der Waals surface area (Å²) in [6.07, 6.45) is 0.370. The molecule has 19 heavy (non-hydrogen) atoms. The second-order valence-electron chi connectivity index (χ2n) is 4.84. The lowest BCUT2D eigenvalue weighted by Gasteiger charge is -2.19. The van der Waals surface area contributed by atoms with Crippen LogP contribution >= 0.6 is 0 Å². The first-order chi connectivity index (χ1) is 9.20. The molecule has 4 nitrogen and oxygen atoms in total. The number of rotatable bonds is 6. The first-order valence-corrected chi connectivity index (χ1v) is 6.62. The van der Waals surface area contributed by atoms with E-state index < -0.39 is 0 Å². The molecule has 0 spiro atoms. The molecule has 0 aliphatic carbocycles. The quantitative estimate of drug-likeness (QED) is 0.759. The van der Waals surface area contributed by atoms with Crippen molar-refractivity contribution in [3.8, 4) is 0 Å². The van der Waals surface area contributed by atoms with E-state index in [0.717, 1.165) is 12.1 Å². The summed E-state index contributed by atoms with van der Waals surface area (Å²) in [7, 11) is 1.65. The minimum Gasteiger partial charge on any atom is -0.391 e. The van der Waals surface area contributed by atoms with E-state index in [-0.39, 0.29) is 11.9 Å². The Bertz CT molecular complexity index is 414. The number of ether oxygens (including phenoxy) is 1. The fourth-order valence-corrected chi connectivity index (χ4v) is 2.28. The molecule has 0 saturated carbocycles. The summed E-state index contributed by atoms with van der Waals surface area (Å²) in [5.41, 5.74) is 1.49. The maximum absolute atomic E-state index is 14.0. The number of aliphatic hydroxyl groups excluding tert-OH is 1. The molecular formula is C14H21FN2O2. The summed E-state index contributed by atoms with van der Waals surface area (Å²) in [6, 6.07) is 5.27. The molecule has 0 bridgehead atoms. The first kappa shape index (κ1) is 14.2. The van der Waals surface area contributed by atoms with Crippen molar-refractivity contribution in [2.24, 2.45) is 0 Å². The largest absolute Gasteiger partial charge is 0.391 e. The molecule has 0 radical (unpaired) electrons. The van der Waals surface area contributed by atoms with Gasteiger partial charge in [0, 0.05) is 33.3 Å². The van der Waals surface area contributed by atoms with Crippen molar-refractivity contribution in [3.05, 3.63) is 29.6 Å². The molecule has 5 heteroatoms. The second kappa shape index (κ2) is 6.84. The van der Waals surface area contributed by atoms with E-state index in [0.29, 0.717) is 38.3 Å². The molecule has 0 amide bonds. The SMILES string of the molecule is COCCNCc1ccc(N2CCC(O)C2)c(F)c1. The standard InChI is InChI=1S/C14H21FN2O2/c1-19-7-5-16-9-11-2-3-14(13(15)8-11)17-6-4-12(18)10-17/h2-3,8,12,16,18H,4-7,9-10H2,1H3. The lowest BCUT2D eigenvalue weighted by atomic mass is 10.2. The number of nitrogens with one attached hydrogen (secondary N) is 1. The van der Waals surface area contributed by atoms with Crippen LogP contribution in [0.15, 0.2) is 18.2 Å². The number of nitrogens with zero attached hydrogens (tertiary/aromatic N) is 1. The maximum Gasteiger partial charge on any atom is 0.146 e. The molecule has 2 rings (SSSR count). The van der Waals surface area contributed by atoms with Crippen LogP contribution in [0.1, 0.15) is 12.0 Å². The number of halogens is 1. The lowest BCUT2D eigenvalue weighted by molar-refractivity contribution is 0.198. The number of hydrogen-bond acceptors (Lipinski definition) is 4. The summed E-state index contributed by atoms with van der Waals surface area (Å²) in [5, 5.41) is 12.7. The van der Waals surface area contributed by atoms with E-state index in [1.54, 1.807) is 19.2 Å².